The van der Waals surface area contributed by atoms with Gasteiger partial charge in [0.1, 0.15) is 5.75 Å². The van der Waals surface area contributed by atoms with Gasteiger partial charge in [-0.05, 0) is 43.9 Å². The molecule has 2 rings (SSSR count). The van der Waals surface area contributed by atoms with Crippen LogP contribution >= 0.6 is 0 Å². The Kier molecular flexibility index (Phi) is 3.05. The standard InChI is InChI=1S/C13H16O2/c1-10-5-4-6-11(9-10)15-13-8-3-2-7-12(13)14/h4-6,9,13H,2-3,7-8H2,1H3. The van der Waals surface area contributed by atoms with Gasteiger partial charge in [0.2, 0.25) is 0 Å². The van der Waals surface area contributed by atoms with Crippen molar-refractivity contribution >= 4 is 5.78 Å². The van der Waals surface area contributed by atoms with Gasteiger partial charge in [0.15, 0.2) is 11.9 Å². The van der Waals surface area contributed by atoms with Gasteiger partial charge in [-0.25, -0.2) is 0 Å². The van der Waals surface area contributed by atoms with Crippen LogP contribution in [-0.4, -0.2) is 11.9 Å². The van der Waals surface area contributed by atoms with E-state index < -0.39 is 0 Å². The molecule has 2 heteroatoms. The maximum Gasteiger partial charge on any atom is 0.173 e. The zero-order valence-electron chi connectivity index (χ0n) is 9.03. The third kappa shape index (κ3) is 2.58. The van der Waals surface area contributed by atoms with Gasteiger partial charge in [0, 0.05) is 6.42 Å². The van der Waals surface area contributed by atoms with Gasteiger partial charge >= 0.3 is 0 Å². The van der Waals surface area contributed by atoms with Crippen molar-refractivity contribution in [3.8, 4) is 5.75 Å². The summed E-state index contributed by atoms with van der Waals surface area (Å²) in [6.45, 7) is 2.02. The quantitative estimate of drug-likeness (QED) is 0.740. The first-order valence-electron chi connectivity index (χ1n) is 5.52. The van der Waals surface area contributed by atoms with E-state index in [-0.39, 0.29) is 11.9 Å². The van der Waals surface area contributed by atoms with Crippen molar-refractivity contribution in [1.29, 1.82) is 0 Å². The molecule has 80 valence electrons. The molecule has 0 heterocycles. The number of carbonyl (C=O) groups excluding carboxylic acids is 1. The van der Waals surface area contributed by atoms with E-state index in [1.165, 1.54) is 0 Å². The Morgan fingerprint density at radius 3 is 2.93 bits per heavy atom. The monoisotopic (exact) mass is 204 g/mol. The van der Waals surface area contributed by atoms with Crippen molar-refractivity contribution in [2.75, 3.05) is 0 Å². The predicted octanol–water partition coefficient (Wildman–Crippen LogP) is 2.89. The van der Waals surface area contributed by atoms with Crippen molar-refractivity contribution in [1.82, 2.24) is 0 Å². The van der Waals surface area contributed by atoms with E-state index in [9.17, 15) is 4.79 Å². The Hall–Kier alpha value is -1.31. The lowest BCUT2D eigenvalue weighted by molar-refractivity contribution is -0.127. The number of benzene rings is 1. The smallest absolute Gasteiger partial charge is 0.173 e. The lowest BCUT2D eigenvalue weighted by Gasteiger charge is -2.21. The molecule has 1 aliphatic rings. The van der Waals surface area contributed by atoms with Crippen LogP contribution in [0.25, 0.3) is 0 Å². The van der Waals surface area contributed by atoms with Crippen LogP contribution in [0.2, 0.25) is 0 Å². The van der Waals surface area contributed by atoms with Crippen molar-refractivity contribution < 1.29 is 9.53 Å². The van der Waals surface area contributed by atoms with Gasteiger partial charge in [-0.3, -0.25) is 4.79 Å². The Balaban J connectivity index is 2.04. The van der Waals surface area contributed by atoms with E-state index in [1.807, 2.05) is 31.2 Å². The number of ether oxygens (including phenoxy) is 1. The number of carbonyl (C=O) groups is 1. The van der Waals surface area contributed by atoms with Crippen molar-refractivity contribution in [3.63, 3.8) is 0 Å². The molecule has 1 aromatic carbocycles. The average molecular weight is 204 g/mol. The van der Waals surface area contributed by atoms with Crippen LogP contribution in [0.3, 0.4) is 0 Å². The molecule has 1 unspecified atom stereocenters. The molecule has 1 atom stereocenters. The Morgan fingerprint density at radius 1 is 1.33 bits per heavy atom. The zero-order valence-corrected chi connectivity index (χ0v) is 9.03. The van der Waals surface area contributed by atoms with Crippen LogP contribution in [0.1, 0.15) is 31.2 Å². The van der Waals surface area contributed by atoms with E-state index in [4.69, 9.17) is 4.74 Å². The molecule has 2 nitrogen and oxygen atoms in total. The third-order valence-corrected chi connectivity index (χ3v) is 2.77. The predicted molar refractivity (Wildman–Crippen MR) is 59.1 cm³/mol. The van der Waals surface area contributed by atoms with Crippen molar-refractivity contribution in [2.24, 2.45) is 0 Å². The minimum atomic E-state index is -0.208. The second-order valence-corrected chi connectivity index (χ2v) is 4.14. The van der Waals surface area contributed by atoms with Crippen LogP contribution in [0, 0.1) is 6.92 Å². The number of hydrogen-bond acceptors (Lipinski definition) is 2. The molecule has 1 fully saturated rings. The fourth-order valence-corrected chi connectivity index (χ4v) is 1.93. The summed E-state index contributed by atoms with van der Waals surface area (Å²) in [5.74, 6) is 1.07. The average Bonchev–Trinajstić information content (AvgIpc) is 2.22. The fraction of sp³-hybridized carbons (Fsp3) is 0.462. The summed E-state index contributed by atoms with van der Waals surface area (Å²) in [4.78, 5) is 11.6. The van der Waals surface area contributed by atoms with E-state index in [2.05, 4.69) is 0 Å². The van der Waals surface area contributed by atoms with Crippen LogP contribution in [0.4, 0.5) is 0 Å². The largest absolute Gasteiger partial charge is 0.483 e. The van der Waals surface area contributed by atoms with Gasteiger partial charge < -0.3 is 4.74 Å². The molecule has 0 aliphatic heterocycles. The number of ketones is 1. The van der Waals surface area contributed by atoms with Crippen LogP contribution in [0.15, 0.2) is 24.3 Å². The number of hydrogen-bond donors (Lipinski definition) is 0. The minimum Gasteiger partial charge on any atom is -0.483 e. The van der Waals surface area contributed by atoms with Gasteiger partial charge in [-0.1, -0.05) is 12.1 Å². The fourth-order valence-electron chi connectivity index (χ4n) is 1.93. The first-order chi connectivity index (χ1) is 7.25. The highest BCUT2D eigenvalue weighted by Gasteiger charge is 2.23. The summed E-state index contributed by atoms with van der Waals surface area (Å²) in [7, 11) is 0. The molecular formula is C13H16O2. The summed E-state index contributed by atoms with van der Waals surface area (Å²) < 4.78 is 5.70. The van der Waals surface area contributed by atoms with Crippen molar-refractivity contribution in [3.05, 3.63) is 29.8 Å². The van der Waals surface area contributed by atoms with Crippen LogP contribution < -0.4 is 4.74 Å². The van der Waals surface area contributed by atoms with Gasteiger partial charge in [0.05, 0.1) is 0 Å². The molecule has 1 aromatic rings. The molecule has 0 bridgehead atoms. The molecular weight excluding hydrogens is 188 g/mol. The third-order valence-electron chi connectivity index (χ3n) is 2.77. The Bertz CT molecular complexity index is 357. The van der Waals surface area contributed by atoms with Crippen LogP contribution in [-0.2, 0) is 4.79 Å². The second-order valence-electron chi connectivity index (χ2n) is 4.14. The van der Waals surface area contributed by atoms with E-state index in [1.54, 1.807) is 0 Å². The van der Waals surface area contributed by atoms with E-state index in [0.717, 1.165) is 30.6 Å². The van der Waals surface area contributed by atoms with Crippen molar-refractivity contribution in [2.45, 2.75) is 38.7 Å². The summed E-state index contributed by atoms with van der Waals surface area (Å²) in [5.41, 5.74) is 1.16. The first kappa shape index (κ1) is 10.2. The maximum atomic E-state index is 11.6. The highest BCUT2D eigenvalue weighted by molar-refractivity contribution is 5.84. The molecule has 0 N–H and O–H groups in total. The molecule has 1 aliphatic carbocycles. The summed E-state index contributed by atoms with van der Waals surface area (Å²) >= 11 is 0. The zero-order chi connectivity index (χ0) is 10.7. The summed E-state index contributed by atoms with van der Waals surface area (Å²) in [6, 6.07) is 7.87. The number of aryl methyl sites for hydroxylation is 1. The molecule has 0 aromatic heterocycles. The molecule has 0 amide bonds. The molecule has 0 saturated heterocycles. The highest BCUT2D eigenvalue weighted by atomic mass is 16.5. The highest BCUT2D eigenvalue weighted by Crippen LogP contribution is 2.21. The normalized spacial score (nSPS) is 21.4. The maximum absolute atomic E-state index is 11.6. The first-order valence-corrected chi connectivity index (χ1v) is 5.52. The SMILES string of the molecule is Cc1cccc(OC2CCCCC2=O)c1. The minimum absolute atomic E-state index is 0.208. The van der Waals surface area contributed by atoms with E-state index >= 15 is 0 Å². The lowest BCUT2D eigenvalue weighted by atomic mass is 9.96. The van der Waals surface area contributed by atoms with Gasteiger partial charge in [-0.15, -0.1) is 0 Å². The summed E-state index contributed by atoms with van der Waals surface area (Å²) in [6.07, 6.45) is 3.46. The summed E-state index contributed by atoms with van der Waals surface area (Å²) in [5, 5.41) is 0. The Labute approximate surface area is 90.3 Å². The number of rotatable bonds is 2. The number of Topliss-reactive ketones (excluding diaryl/α,β-unsaturated/α-hetero) is 1. The second kappa shape index (κ2) is 4.47. The molecule has 1 saturated carbocycles. The van der Waals surface area contributed by atoms with Gasteiger partial charge in [0.25, 0.3) is 0 Å². The molecule has 0 spiro atoms. The lowest BCUT2D eigenvalue weighted by Crippen LogP contribution is -2.30. The topological polar surface area (TPSA) is 26.3 Å². The Morgan fingerprint density at radius 2 is 2.20 bits per heavy atom. The van der Waals surface area contributed by atoms with Crippen LogP contribution in [0.5, 0.6) is 5.75 Å². The van der Waals surface area contributed by atoms with E-state index in [0.29, 0.717) is 6.42 Å². The van der Waals surface area contributed by atoms with Gasteiger partial charge in [-0.2, -0.15) is 0 Å². The molecule has 15 heavy (non-hydrogen) atoms. The molecule has 0 radical (unpaired) electrons.